The van der Waals surface area contributed by atoms with Gasteiger partial charge in [-0.25, -0.2) is 9.37 Å². The first-order valence-corrected chi connectivity index (χ1v) is 10.3. The van der Waals surface area contributed by atoms with Crippen molar-refractivity contribution in [3.63, 3.8) is 0 Å². The van der Waals surface area contributed by atoms with Crippen LogP contribution in [0, 0.1) is 23.6 Å². The summed E-state index contributed by atoms with van der Waals surface area (Å²) in [6.07, 6.45) is 4.48. The number of halogens is 1. The lowest BCUT2D eigenvalue weighted by atomic mass is 9.88. The number of benzene rings is 1. The van der Waals surface area contributed by atoms with Crippen molar-refractivity contribution >= 4 is 5.91 Å². The number of nitrogens with zero attached hydrogens (tertiary/aromatic N) is 3. The summed E-state index contributed by atoms with van der Waals surface area (Å²) in [6.45, 7) is 7.51. The summed E-state index contributed by atoms with van der Waals surface area (Å²) in [5, 5.41) is 3.07. The molecule has 0 unspecified atom stereocenters. The molecule has 3 rings (SSSR count). The Morgan fingerprint density at radius 2 is 2.21 bits per heavy atom. The van der Waals surface area contributed by atoms with Gasteiger partial charge in [0.15, 0.2) is 0 Å². The van der Waals surface area contributed by atoms with Crippen LogP contribution in [0.3, 0.4) is 0 Å². The van der Waals surface area contributed by atoms with Crippen LogP contribution in [0.25, 0.3) is 0 Å². The second kappa shape index (κ2) is 9.87. The number of piperidine rings is 1. The number of hydrogen-bond acceptors (Lipinski definition) is 4. The minimum absolute atomic E-state index is 0.0936. The molecule has 6 nitrogen and oxygen atoms in total. The molecule has 1 aromatic carbocycles. The highest BCUT2D eigenvalue weighted by Gasteiger charge is 2.32. The maximum Gasteiger partial charge on any atom is 0.224 e. The van der Waals surface area contributed by atoms with Crippen LogP contribution in [-0.4, -0.2) is 46.6 Å². The van der Waals surface area contributed by atoms with Gasteiger partial charge in [-0.15, -0.1) is 0 Å². The summed E-state index contributed by atoms with van der Waals surface area (Å²) in [7, 11) is 1.98. The molecule has 1 amide bonds. The lowest BCUT2D eigenvalue weighted by molar-refractivity contribution is -0.128. The highest BCUT2D eigenvalue weighted by Crippen LogP contribution is 2.25. The number of amides is 1. The van der Waals surface area contributed by atoms with Crippen LogP contribution >= 0.6 is 0 Å². The Balaban J connectivity index is 1.65. The minimum Gasteiger partial charge on any atom is -0.493 e. The number of hydrogen-bond donors (Lipinski definition) is 1. The van der Waals surface area contributed by atoms with E-state index >= 15 is 0 Å². The van der Waals surface area contributed by atoms with E-state index in [4.69, 9.17) is 4.74 Å². The summed E-state index contributed by atoms with van der Waals surface area (Å²) in [5.74, 6) is 1.78. The standard InChI is InChI=1S/C22H31FN4O2/c1-16(2)11-25-22(28)18-9-17(15-29-20-6-4-5-19(23)10-20)12-27(13-18)14-21-24-7-8-26(21)3/h4-8,10,16-18H,9,11-15H2,1-3H3,(H,25,28)/t17-,18+/m0/s1. The van der Waals surface area contributed by atoms with Gasteiger partial charge in [0.1, 0.15) is 17.4 Å². The summed E-state index contributed by atoms with van der Waals surface area (Å²) in [5.41, 5.74) is 0. The number of ether oxygens (including phenoxy) is 1. The summed E-state index contributed by atoms with van der Waals surface area (Å²) >= 11 is 0. The topological polar surface area (TPSA) is 59.4 Å². The quantitative estimate of drug-likeness (QED) is 0.738. The fourth-order valence-corrected chi connectivity index (χ4v) is 3.71. The van der Waals surface area contributed by atoms with E-state index in [2.05, 4.69) is 29.0 Å². The predicted molar refractivity (Wildman–Crippen MR) is 110 cm³/mol. The number of rotatable bonds is 8. The molecule has 1 aliphatic rings. The van der Waals surface area contributed by atoms with Crippen LogP contribution in [0.4, 0.5) is 4.39 Å². The molecule has 0 bridgehead atoms. The normalized spacial score (nSPS) is 20.0. The first-order valence-electron chi connectivity index (χ1n) is 10.3. The highest BCUT2D eigenvalue weighted by molar-refractivity contribution is 5.79. The molecular formula is C22H31FN4O2. The zero-order chi connectivity index (χ0) is 20.8. The Kier molecular flexibility index (Phi) is 7.25. The van der Waals surface area contributed by atoms with E-state index in [-0.39, 0.29) is 23.6 Å². The van der Waals surface area contributed by atoms with Crippen molar-refractivity contribution in [2.24, 2.45) is 24.8 Å². The fourth-order valence-electron chi connectivity index (χ4n) is 3.71. The molecule has 1 aromatic heterocycles. The highest BCUT2D eigenvalue weighted by atomic mass is 19.1. The first kappa shape index (κ1) is 21.3. The van der Waals surface area contributed by atoms with Gasteiger partial charge in [-0.05, 0) is 24.5 Å². The van der Waals surface area contributed by atoms with E-state index in [1.54, 1.807) is 18.3 Å². The average Bonchev–Trinajstić information content (AvgIpc) is 3.09. The van der Waals surface area contributed by atoms with E-state index in [1.165, 1.54) is 12.1 Å². The van der Waals surface area contributed by atoms with Gasteiger partial charge < -0.3 is 14.6 Å². The molecule has 1 fully saturated rings. The minimum atomic E-state index is -0.312. The van der Waals surface area contributed by atoms with Gasteiger partial charge in [-0.3, -0.25) is 9.69 Å². The first-order chi connectivity index (χ1) is 13.9. The van der Waals surface area contributed by atoms with Gasteiger partial charge in [-0.2, -0.15) is 0 Å². The van der Waals surface area contributed by atoms with E-state index in [1.807, 2.05) is 17.8 Å². The van der Waals surface area contributed by atoms with Crippen molar-refractivity contribution < 1.29 is 13.9 Å². The lowest BCUT2D eigenvalue weighted by Gasteiger charge is -2.37. The monoisotopic (exact) mass is 402 g/mol. The van der Waals surface area contributed by atoms with E-state index < -0.39 is 0 Å². The van der Waals surface area contributed by atoms with Crippen molar-refractivity contribution in [3.8, 4) is 5.75 Å². The second-order valence-electron chi connectivity index (χ2n) is 8.35. The van der Waals surface area contributed by atoms with E-state index in [9.17, 15) is 9.18 Å². The predicted octanol–water partition coefficient (Wildman–Crippen LogP) is 2.85. The smallest absolute Gasteiger partial charge is 0.224 e. The van der Waals surface area contributed by atoms with Gasteiger partial charge in [0.05, 0.1) is 19.1 Å². The number of nitrogens with one attached hydrogen (secondary N) is 1. The maximum atomic E-state index is 13.4. The Hall–Kier alpha value is -2.41. The molecule has 1 N–H and O–H groups in total. The van der Waals surface area contributed by atoms with Gasteiger partial charge >= 0.3 is 0 Å². The molecule has 2 heterocycles. The van der Waals surface area contributed by atoms with Crippen molar-refractivity contribution in [3.05, 3.63) is 48.3 Å². The molecule has 0 saturated carbocycles. The Morgan fingerprint density at radius 3 is 2.90 bits per heavy atom. The third-order valence-corrected chi connectivity index (χ3v) is 5.24. The SMILES string of the molecule is CC(C)CNC(=O)[C@@H]1C[C@H](COc2cccc(F)c2)CN(Cc2nccn2C)C1. The van der Waals surface area contributed by atoms with Crippen LogP contribution in [0.1, 0.15) is 26.1 Å². The van der Waals surface area contributed by atoms with Crippen LogP contribution in [0.15, 0.2) is 36.7 Å². The number of carbonyl (C=O) groups excluding carboxylic acids is 1. The zero-order valence-electron chi connectivity index (χ0n) is 17.5. The fraction of sp³-hybridized carbons (Fsp3) is 0.545. The Labute approximate surface area is 172 Å². The third kappa shape index (κ3) is 6.29. The summed E-state index contributed by atoms with van der Waals surface area (Å²) in [6, 6.07) is 6.18. The zero-order valence-corrected chi connectivity index (χ0v) is 17.5. The van der Waals surface area contributed by atoms with Crippen LogP contribution in [-0.2, 0) is 18.4 Å². The van der Waals surface area contributed by atoms with Gasteiger partial charge in [0, 0.05) is 51.1 Å². The van der Waals surface area contributed by atoms with Crippen molar-refractivity contribution in [1.29, 1.82) is 0 Å². The molecule has 0 radical (unpaired) electrons. The maximum absolute atomic E-state index is 13.4. The molecule has 0 spiro atoms. The van der Waals surface area contributed by atoms with E-state index in [0.29, 0.717) is 37.9 Å². The van der Waals surface area contributed by atoms with Gasteiger partial charge in [-0.1, -0.05) is 19.9 Å². The second-order valence-corrected chi connectivity index (χ2v) is 8.35. The molecule has 0 aliphatic carbocycles. The lowest BCUT2D eigenvalue weighted by Crippen LogP contribution is -2.48. The van der Waals surface area contributed by atoms with Crippen LogP contribution < -0.4 is 10.1 Å². The molecule has 1 saturated heterocycles. The van der Waals surface area contributed by atoms with Crippen molar-refractivity contribution in [2.75, 3.05) is 26.2 Å². The number of imidazole rings is 1. The van der Waals surface area contributed by atoms with Crippen LogP contribution in [0.2, 0.25) is 0 Å². The summed E-state index contributed by atoms with van der Waals surface area (Å²) < 4.78 is 21.3. The van der Waals surface area contributed by atoms with Crippen molar-refractivity contribution in [1.82, 2.24) is 19.8 Å². The van der Waals surface area contributed by atoms with E-state index in [0.717, 1.165) is 18.8 Å². The molecule has 2 atom stereocenters. The summed E-state index contributed by atoms with van der Waals surface area (Å²) in [4.78, 5) is 19.4. The molecule has 2 aromatic rings. The molecule has 7 heteroatoms. The molecular weight excluding hydrogens is 371 g/mol. The number of likely N-dealkylation sites (tertiary alicyclic amines) is 1. The molecule has 1 aliphatic heterocycles. The Bertz CT molecular complexity index is 808. The Morgan fingerprint density at radius 1 is 1.38 bits per heavy atom. The number of aryl methyl sites for hydroxylation is 1. The largest absolute Gasteiger partial charge is 0.493 e. The van der Waals surface area contributed by atoms with Crippen molar-refractivity contribution in [2.45, 2.75) is 26.8 Å². The molecule has 158 valence electrons. The average molecular weight is 403 g/mol. The van der Waals surface area contributed by atoms with Crippen LogP contribution in [0.5, 0.6) is 5.75 Å². The van der Waals surface area contributed by atoms with Gasteiger partial charge in [0.2, 0.25) is 5.91 Å². The number of aromatic nitrogens is 2. The van der Waals surface area contributed by atoms with Gasteiger partial charge in [0.25, 0.3) is 0 Å². The number of carbonyl (C=O) groups is 1. The molecule has 29 heavy (non-hydrogen) atoms. The third-order valence-electron chi connectivity index (χ3n) is 5.24.